The molecule has 0 radical (unpaired) electrons. The maximum absolute atomic E-state index is 14.1. The zero-order valence-electron chi connectivity index (χ0n) is 24.1. The number of aryl methyl sites for hydroxylation is 1. The van der Waals surface area contributed by atoms with Crippen molar-refractivity contribution in [3.8, 4) is 17.6 Å². The van der Waals surface area contributed by atoms with Crippen molar-refractivity contribution in [1.82, 2.24) is 4.90 Å². The molecule has 42 heavy (non-hydrogen) atoms. The van der Waals surface area contributed by atoms with Gasteiger partial charge in [0.2, 0.25) is 5.91 Å². The number of carbonyl (C=O) groups is 5. The minimum absolute atomic E-state index is 0.00743. The second-order valence-electron chi connectivity index (χ2n) is 11.9. The number of phenolic OH excluding ortho intramolecular Hbond substituents is 1. The van der Waals surface area contributed by atoms with Gasteiger partial charge in [0.05, 0.1) is 23.1 Å². The van der Waals surface area contributed by atoms with Crippen molar-refractivity contribution in [2.45, 2.75) is 31.4 Å². The Kier molecular flexibility index (Phi) is 7.08. The Morgan fingerprint density at radius 3 is 2.24 bits per heavy atom. The van der Waals surface area contributed by atoms with Crippen LogP contribution in [0.3, 0.4) is 0 Å². The number of rotatable bonds is 3. The van der Waals surface area contributed by atoms with Crippen LogP contribution in [0.2, 0.25) is 0 Å². The Balaban J connectivity index is 1.64. The molecule has 2 unspecified atom stereocenters. The van der Waals surface area contributed by atoms with E-state index in [4.69, 9.17) is 5.73 Å². The summed E-state index contributed by atoms with van der Waals surface area (Å²) in [6.45, 7) is 1.95. The van der Waals surface area contributed by atoms with Gasteiger partial charge in [-0.3, -0.25) is 28.9 Å². The molecular weight excluding hydrogens is 538 g/mol. The minimum atomic E-state index is -2.76. The summed E-state index contributed by atoms with van der Waals surface area (Å²) >= 11 is 0. The molecule has 1 amide bonds. The lowest BCUT2D eigenvalue weighted by atomic mass is 9.52. The van der Waals surface area contributed by atoms with Crippen LogP contribution < -0.4 is 10.6 Å². The molecule has 2 saturated carbocycles. The van der Waals surface area contributed by atoms with Gasteiger partial charge in [0.1, 0.15) is 5.75 Å². The van der Waals surface area contributed by atoms with Gasteiger partial charge >= 0.3 is 0 Å². The van der Waals surface area contributed by atoms with Gasteiger partial charge in [-0.15, -0.1) is 0 Å². The van der Waals surface area contributed by atoms with Crippen molar-refractivity contribution in [2.75, 3.05) is 33.1 Å². The van der Waals surface area contributed by atoms with Crippen LogP contribution in [-0.4, -0.2) is 84.0 Å². The average Bonchev–Trinajstić information content (AvgIpc) is 2.90. The number of aliphatic hydroxyl groups is 1. The van der Waals surface area contributed by atoms with Crippen LogP contribution in [0.5, 0.6) is 5.75 Å². The second-order valence-corrected chi connectivity index (χ2v) is 11.9. The fourth-order valence-corrected chi connectivity index (χ4v) is 6.92. The first-order valence-electron chi connectivity index (χ1n) is 13.7. The van der Waals surface area contributed by atoms with E-state index in [-0.39, 0.29) is 29.7 Å². The summed E-state index contributed by atoms with van der Waals surface area (Å²) in [7, 11) is 6.68. The Labute approximate surface area is 243 Å². The molecule has 218 valence electrons. The van der Waals surface area contributed by atoms with Gasteiger partial charge in [0, 0.05) is 31.3 Å². The summed E-state index contributed by atoms with van der Waals surface area (Å²) in [6, 6.07) is 8.03. The van der Waals surface area contributed by atoms with Gasteiger partial charge in [-0.2, -0.15) is 0 Å². The number of hydrogen-bond donors (Lipinski definition) is 3. The molecule has 0 saturated heterocycles. The third kappa shape index (κ3) is 4.23. The topological polar surface area (TPSA) is 158 Å². The Bertz CT molecular complexity index is 1620. The number of fused-ring (bicyclic) bond motifs is 3. The highest BCUT2D eigenvalue weighted by atomic mass is 16.3. The monoisotopic (exact) mass is 571 g/mol. The number of phenols is 1. The molecule has 3 aliphatic rings. The number of carbonyl (C=O) groups excluding carboxylic acids is 5. The summed E-state index contributed by atoms with van der Waals surface area (Å²) in [4.78, 5) is 70.3. The van der Waals surface area contributed by atoms with Crippen molar-refractivity contribution in [3.05, 3.63) is 58.1 Å². The first kappa shape index (κ1) is 29.2. The van der Waals surface area contributed by atoms with Gasteiger partial charge in [-0.25, -0.2) is 0 Å². The SMILES string of the molecule is Cc1ccc(C#Cc2cc(N(C)C)c3c(c2O)C(=O)C2C(=O)[C@]4(O)C(=O)C(C(N)=O)C(=O)[C@@H](N(C)C)[C@@H]4C[C@@H]2C3)cc1. The first-order chi connectivity index (χ1) is 19.7. The number of hydrogen-bond acceptors (Lipinski definition) is 9. The molecule has 2 aromatic carbocycles. The standard InChI is InChI=1S/C32H33N3O7/c1-15-6-8-16(9-7-15)10-11-17-14-21(34(2)3)19-12-18-13-20-25(35(4)5)28(38)24(31(33)41)30(40)32(20,42)29(39)22(18)27(37)23(19)26(17)36/h6-9,14,18,20,22,24-25,36,42H,12-13H2,1-5H3,(H2,33,41)/t18-,20-,22?,24?,25-,32-/m0/s1. The largest absolute Gasteiger partial charge is 0.506 e. The van der Waals surface area contributed by atoms with Crippen LogP contribution in [0.1, 0.15) is 39.0 Å². The molecule has 3 aliphatic carbocycles. The van der Waals surface area contributed by atoms with Crippen LogP contribution in [0, 0.1) is 42.4 Å². The third-order valence-electron chi connectivity index (χ3n) is 8.91. The maximum atomic E-state index is 14.1. The Morgan fingerprint density at radius 1 is 1.02 bits per heavy atom. The lowest BCUT2D eigenvalue weighted by Gasteiger charge is -2.52. The minimum Gasteiger partial charge on any atom is -0.506 e. The zero-order chi connectivity index (χ0) is 30.8. The van der Waals surface area contributed by atoms with Crippen LogP contribution in [0.4, 0.5) is 5.69 Å². The predicted molar refractivity (Wildman–Crippen MR) is 153 cm³/mol. The van der Waals surface area contributed by atoms with E-state index in [1.54, 1.807) is 39.2 Å². The van der Waals surface area contributed by atoms with Crippen LogP contribution in [0.25, 0.3) is 0 Å². The molecule has 0 aromatic heterocycles. The number of anilines is 1. The van der Waals surface area contributed by atoms with Gasteiger partial charge < -0.3 is 20.8 Å². The quantitative estimate of drug-likeness (QED) is 0.355. The second kappa shape index (κ2) is 10.2. The predicted octanol–water partition coefficient (Wildman–Crippen LogP) is 0.641. The molecule has 10 nitrogen and oxygen atoms in total. The van der Waals surface area contributed by atoms with Gasteiger partial charge in [0.25, 0.3) is 0 Å². The van der Waals surface area contributed by atoms with E-state index in [2.05, 4.69) is 11.8 Å². The smallest absolute Gasteiger partial charge is 0.235 e. The summed E-state index contributed by atoms with van der Waals surface area (Å²) < 4.78 is 0. The fraction of sp³-hybridized carbons (Fsp3) is 0.406. The van der Waals surface area contributed by atoms with E-state index in [9.17, 15) is 34.2 Å². The van der Waals surface area contributed by atoms with Crippen molar-refractivity contribution >= 4 is 34.7 Å². The van der Waals surface area contributed by atoms with Crippen LogP contribution in [0.15, 0.2) is 30.3 Å². The van der Waals surface area contributed by atoms with E-state index in [0.29, 0.717) is 16.8 Å². The van der Waals surface area contributed by atoms with Crippen molar-refractivity contribution < 1.29 is 34.2 Å². The molecule has 10 heteroatoms. The number of nitrogens with two attached hydrogens (primary N) is 1. The van der Waals surface area contributed by atoms with E-state index in [1.807, 2.05) is 31.2 Å². The van der Waals surface area contributed by atoms with E-state index in [1.165, 1.54) is 4.90 Å². The number of aromatic hydroxyl groups is 1. The number of ketones is 4. The zero-order valence-corrected chi connectivity index (χ0v) is 24.1. The molecule has 5 rings (SSSR count). The highest BCUT2D eigenvalue weighted by molar-refractivity contribution is 6.32. The molecule has 2 fully saturated rings. The highest BCUT2D eigenvalue weighted by Crippen LogP contribution is 2.52. The van der Waals surface area contributed by atoms with Gasteiger partial charge in [-0.05, 0) is 63.5 Å². The van der Waals surface area contributed by atoms with Gasteiger partial charge in [0.15, 0.2) is 34.7 Å². The lowest BCUT2D eigenvalue weighted by molar-refractivity contribution is -0.181. The number of benzene rings is 2. The summed E-state index contributed by atoms with van der Waals surface area (Å²) in [5, 5.41) is 23.1. The van der Waals surface area contributed by atoms with E-state index in [0.717, 1.165) is 5.56 Å². The van der Waals surface area contributed by atoms with Crippen LogP contribution in [-0.2, 0) is 25.6 Å². The summed E-state index contributed by atoms with van der Waals surface area (Å²) in [5.74, 6) is -4.89. The van der Waals surface area contributed by atoms with Crippen molar-refractivity contribution in [3.63, 3.8) is 0 Å². The number of Topliss-reactive ketones (excluding diaryl/α,β-unsaturated/α-hetero) is 4. The molecule has 0 spiro atoms. The molecule has 6 atom stereocenters. The third-order valence-corrected chi connectivity index (χ3v) is 8.91. The number of likely N-dealkylation sites (N-methyl/N-ethyl adjacent to an activating group) is 1. The first-order valence-corrected chi connectivity index (χ1v) is 13.7. The van der Waals surface area contributed by atoms with Gasteiger partial charge in [-0.1, -0.05) is 29.5 Å². The molecule has 0 heterocycles. The maximum Gasteiger partial charge on any atom is 0.235 e. The van der Waals surface area contributed by atoms with Crippen LogP contribution >= 0.6 is 0 Å². The van der Waals surface area contributed by atoms with Crippen molar-refractivity contribution in [1.29, 1.82) is 0 Å². The summed E-state index contributed by atoms with van der Waals surface area (Å²) in [5.41, 5.74) is 5.64. The fourth-order valence-electron chi connectivity index (χ4n) is 6.92. The van der Waals surface area contributed by atoms with Crippen molar-refractivity contribution in [2.24, 2.45) is 29.4 Å². The summed E-state index contributed by atoms with van der Waals surface area (Å²) in [6.07, 6.45) is 0.172. The van der Waals surface area contributed by atoms with E-state index >= 15 is 0 Å². The van der Waals surface area contributed by atoms with E-state index < -0.39 is 64.4 Å². The molecule has 0 bridgehead atoms. The number of amides is 1. The Morgan fingerprint density at radius 2 is 1.67 bits per heavy atom. The normalized spacial score (nSPS) is 28.4. The average molecular weight is 572 g/mol. The lowest BCUT2D eigenvalue weighted by Crippen LogP contribution is -2.74. The number of primary amides is 1. The molecule has 4 N–H and O–H groups in total. The molecule has 2 aromatic rings. The Hall–Kier alpha value is -4.33. The highest BCUT2D eigenvalue weighted by Gasteiger charge is 2.69. The molecular formula is C32H33N3O7. The molecule has 0 aliphatic heterocycles. The number of nitrogens with zero attached hydrogens (tertiary/aromatic N) is 2.